The molecule has 2 aliphatic rings. The Balaban J connectivity index is 1.49. The van der Waals surface area contributed by atoms with Crippen LogP contribution in [0, 0.1) is 24.4 Å². The zero-order valence-corrected chi connectivity index (χ0v) is 24.1. The average molecular weight is 610 g/mol. The second-order valence-electron chi connectivity index (χ2n) is 11.5. The van der Waals surface area contributed by atoms with Gasteiger partial charge in [0.25, 0.3) is 0 Å². The molecule has 0 radical (unpaired) electrons. The minimum absolute atomic E-state index is 0.0278. The van der Waals surface area contributed by atoms with E-state index >= 15 is 0 Å². The highest BCUT2D eigenvalue weighted by atomic mass is 32.2. The maximum atomic E-state index is 13.9. The van der Waals surface area contributed by atoms with Crippen molar-refractivity contribution in [2.24, 2.45) is 0 Å². The molecule has 5 rings (SSSR count). The number of rotatable bonds is 7. The summed E-state index contributed by atoms with van der Waals surface area (Å²) in [6.45, 7) is 5.47. The Morgan fingerprint density at radius 1 is 1.12 bits per heavy atom. The number of aliphatic hydroxyl groups is 4. The van der Waals surface area contributed by atoms with Crippen molar-refractivity contribution in [2.75, 3.05) is 13.2 Å². The summed E-state index contributed by atoms with van der Waals surface area (Å²) in [5.41, 5.74) is -1.27. The van der Waals surface area contributed by atoms with E-state index in [-0.39, 0.29) is 11.3 Å². The number of aromatic nitrogens is 3. The molecule has 2 aliphatic heterocycles. The standard InChI is InChI=1S/C29H34F3N3O6S/c1-15-6-4-5-7-17(15)26(29(39)8-9-40-28(2,3)14-29)42-27-25(38)23(24(37)21(13-36)41-27)35-12-20(33-34-35)16-10-18(30)22(32)19(31)11-16/h4-7,10-12,21,23-27,36-39H,8-9,13-14H2,1-3H3/t21-,23+,24+,25-,26-,27+,29?/m1/s1. The van der Waals surface area contributed by atoms with Crippen molar-refractivity contribution in [3.63, 3.8) is 0 Å². The summed E-state index contributed by atoms with van der Waals surface area (Å²) < 4.78 is 54.2. The Kier molecular flexibility index (Phi) is 8.74. The van der Waals surface area contributed by atoms with E-state index in [1.165, 1.54) is 18.0 Å². The van der Waals surface area contributed by atoms with Crippen LogP contribution in [0.15, 0.2) is 42.6 Å². The number of halogens is 3. The normalized spacial score (nSPS) is 30.3. The molecule has 0 aliphatic carbocycles. The van der Waals surface area contributed by atoms with Crippen molar-refractivity contribution in [3.8, 4) is 11.3 Å². The Bertz CT molecular complexity index is 1400. The number of hydrogen-bond acceptors (Lipinski definition) is 9. The number of ether oxygens (including phenoxy) is 2. The van der Waals surface area contributed by atoms with Crippen LogP contribution in [0.4, 0.5) is 13.2 Å². The molecule has 3 heterocycles. The third-order valence-electron chi connectivity index (χ3n) is 7.93. The summed E-state index contributed by atoms with van der Waals surface area (Å²) in [6.07, 6.45) is -2.10. The fourth-order valence-corrected chi connectivity index (χ4v) is 7.52. The fraction of sp³-hybridized carbons (Fsp3) is 0.517. The van der Waals surface area contributed by atoms with Gasteiger partial charge >= 0.3 is 0 Å². The van der Waals surface area contributed by atoms with E-state index < -0.39 is 70.3 Å². The van der Waals surface area contributed by atoms with Crippen molar-refractivity contribution in [2.45, 2.75) is 79.9 Å². The van der Waals surface area contributed by atoms with Gasteiger partial charge in [-0.2, -0.15) is 0 Å². The molecule has 0 amide bonds. The molecule has 9 nitrogen and oxygen atoms in total. The molecule has 1 aromatic heterocycles. The van der Waals surface area contributed by atoms with Crippen LogP contribution >= 0.6 is 11.8 Å². The smallest absolute Gasteiger partial charge is 0.194 e. The van der Waals surface area contributed by atoms with Gasteiger partial charge in [-0.05, 0) is 44.0 Å². The molecule has 0 saturated carbocycles. The topological polar surface area (TPSA) is 130 Å². The summed E-state index contributed by atoms with van der Waals surface area (Å²) in [4.78, 5) is 0. The Labute approximate surface area is 245 Å². The lowest BCUT2D eigenvalue weighted by molar-refractivity contribution is -0.179. The molecule has 2 aromatic carbocycles. The predicted octanol–water partition coefficient (Wildman–Crippen LogP) is 3.45. The second kappa shape index (κ2) is 11.9. The monoisotopic (exact) mass is 609 g/mol. The molecule has 3 aromatic rings. The lowest BCUT2D eigenvalue weighted by Gasteiger charge is -2.48. The van der Waals surface area contributed by atoms with E-state index in [4.69, 9.17) is 9.47 Å². The van der Waals surface area contributed by atoms with Crippen molar-refractivity contribution in [1.29, 1.82) is 0 Å². The summed E-state index contributed by atoms with van der Waals surface area (Å²) in [5.74, 6) is -4.43. The van der Waals surface area contributed by atoms with Crippen LogP contribution in [0.2, 0.25) is 0 Å². The predicted molar refractivity (Wildman–Crippen MR) is 148 cm³/mol. The van der Waals surface area contributed by atoms with Crippen LogP contribution in [0.5, 0.6) is 0 Å². The van der Waals surface area contributed by atoms with Gasteiger partial charge in [0.05, 0.1) is 35.9 Å². The maximum absolute atomic E-state index is 13.9. The molecule has 7 atom stereocenters. The van der Waals surface area contributed by atoms with E-state index in [9.17, 15) is 33.6 Å². The first-order valence-corrected chi connectivity index (χ1v) is 14.5. The lowest BCUT2D eigenvalue weighted by Crippen LogP contribution is -2.56. The van der Waals surface area contributed by atoms with Crippen molar-refractivity contribution in [3.05, 3.63) is 71.2 Å². The van der Waals surface area contributed by atoms with Gasteiger partial charge < -0.3 is 29.9 Å². The van der Waals surface area contributed by atoms with E-state index in [0.29, 0.717) is 19.4 Å². The largest absolute Gasteiger partial charge is 0.394 e. The van der Waals surface area contributed by atoms with Gasteiger partial charge in [0.15, 0.2) is 17.5 Å². The van der Waals surface area contributed by atoms with Gasteiger partial charge in [0.1, 0.15) is 35.5 Å². The van der Waals surface area contributed by atoms with E-state index in [2.05, 4.69) is 10.3 Å². The van der Waals surface area contributed by atoms with Crippen LogP contribution in [-0.4, -0.2) is 83.6 Å². The van der Waals surface area contributed by atoms with Crippen LogP contribution in [0.25, 0.3) is 11.3 Å². The first kappa shape index (κ1) is 30.9. The van der Waals surface area contributed by atoms with Crippen molar-refractivity contribution in [1.82, 2.24) is 15.0 Å². The highest BCUT2D eigenvalue weighted by Gasteiger charge is 2.51. The maximum Gasteiger partial charge on any atom is 0.194 e. The van der Waals surface area contributed by atoms with Gasteiger partial charge in [0.2, 0.25) is 0 Å². The molecule has 13 heteroatoms. The number of benzene rings is 2. The molecule has 4 N–H and O–H groups in total. The number of hydrogen-bond donors (Lipinski definition) is 4. The Morgan fingerprint density at radius 3 is 2.45 bits per heavy atom. The number of thioether (sulfide) groups is 1. The van der Waals surface area contributed by atoms with Gasteiger partial charge in [-0.3, -0.25) is 0 Å². The quantitative estimate of drug-likeness (QED) is 0.298. The van der Waals surface area contributed by atoms with Gasteiger partial charge in [0, 0.05) is 18.4 Å². The van der Waals surface area contributed by atoms with E-state index in [1.54, 1.807) is 0 Å². The molecule has 0 bridgehead atoms. The zero-order valence-electron chi connectivity index (χ0n) is 23.3. The van der Waals surface area contributed by atoms with Crippen LogP contribution in [0.3, 0.4) is 0 Å². The van der Waals surface area contributed by atoms with E-state index in [0.717, 1.165) is 27.9 Å². The summed E-state index contributed by atoms with van der Waals surface area (Å²) >= 11 is 1.17. The summed E-state index contributed by atoms with van der Waals surface area (Å²) in [5, 5.41) is 52.0. The second-order valence-corrected chi connectivity index (χ2v) is 12.8. The molecule has 228 valence electrons. The number of aryl methyl sites for hydroxylation is 1. The zero-order chi connectivity index (χ0) is 30.4. The first-order valence-electron chi connectivity index (χ1n) is 13.6. The lowest BCUT2D eigenvalue weighted by atomic mass is 9.79. The van der Waals surface area contributed by atoms with Gasteiger partial charge in [-0.25, -0.2) is 17.9 Å². The van der Waals surface area contributed by atoms with Crippen molar-refractivity contribution >= 4 is 11.8 Å². The highest BCUT2D eigenvalue weighted by molar-refractivity contribution is 8.00. The molecule has 42 heavy (non-hydrogen) atoms. The Morgan fingerprint density at radius 2 is 1.81 bits per heavy atom. The molecular weight excluding hydrogens is 575 g/mol. The molecule has 1 unspecified atom stereocenters. The van der Waals surface area contributed by atoms with Crippen LogP contribution in [0.1, 0.15) is 49.1 Å². The third-order valence-corrected chi connectivity index (χ3v) is 9.56. The Hall–Kier alpha value is -2.52. The minimum atomic E-state index is -1.62. The fourth-order valence-electron chi connectivity index (χ4n) is 5.86. The minimum Gasteiger partial charge on any atom is -0.394 e. The molecular formula is C29H34F3N3O6S. The summed E-state index contributed by atoms with van der Waals surface area (Å²) in [6, 6.07) is 7.92. The SMILES string of the molecule is Cc1ccccc1[C@@H](S[C@@H]1O[C@H](CO)[C@H](O)[C@H](n2cc(-c3cc(F)c(F)c(F)c3)nn2)[C@H]1O)C1(O)CCOC(C)(C)C1. The van der Waals surface area contributed by atoms with Crippen molar-refractivity contribution < 1.29 is 43.1 Å². The first-order chi connectivity index (χ1) is 19.8. The van der Waals surface area contributed by atoms with Crippen LogP contribution < -0.4 is 0 Å². The summed E-state index contributed by atoms with van der Waals surface area (Å²) in [7, 11) is 0. The number of nitrogens with zero attached hydrogens (tertiary/aromatic N) is 3. The highest BCUT2D eigenvalue weighted by Crippen LogP contribution is 2.51. The third kappa shape index (κ3) is 5.96. The molecule has 2 fully saturated rings. The number of aliphatic hydroxyl groups excluding tert-OH is 3. The average Bonchev–Trinajstić information content (AvgIpc) is 3.41. The van der Waals surface area contributed by atoms with E-state index in [1.807, 2.05) is 45.0 Å². The van der Waals surface area contributed by atoms with Crippen LogP contribution in [-0.2, 0) is 9.47 Å². The van der Waals surface area contributed by atoms with Gasteiger partial charge in [-0.1, -0.05) is 29.5 Å². The van der Waals surface area contributed by atoms with Gasteiger partial charge in [-0.15, -0.1) is 16.9 Å². The molecule has 0 spiro atoms. The molecule has 2 saturated heterocycles.